The number of carbonyl (C=O) groups excluding carboxylic acids is 1. The third kappa shape index (κ3) is 5.21. The molecule has 0 aliphatic carbocycles. The van der Waals surface area contributed by atoms with E-state index in [9.17, 15) is 4.79 Å². The highest BCUT2D eigenvalue weighted by Gasteiger charge is 2.23. The predicted molar refractivity (Wildman–Crippen MR) is 81.3 cm³/mol. The number of rotatable bonds is 6. The number of unbranched alkanes of at least 4 members (excludes halogenated alkanes) is 2. The molecule has 1 N–H and O–H groups in total. The summed E-state index contributed by atoms with van der Waals surface area (Å²) in [5.74, 6) is -0.0266. The molecule has 3 heteroatoms. The van der Waals surface area contributed by atoms with Gasteiger partial charge < -0.3 is 5.32 Å². The average Bonchev–Trinajstić information content (AvgIpc) is 2.30. The molecule has 0 unspecified atom stereocenters. The van der Waals surface area contributed by atoms with Gasteiger partial charge in [0.1, 0.15) is 0 Å². The summed E-state index contributed by atoms with van der Waals surface area (Å²) < 4.78 is -0.535. The van der Waals surface area contributed by atoms with Crippen LogP contribution in [0.4, 0.5) is 5.69 Å². The first-order chi connectivity index (χ1) is 8.43. The first kappa shape index (κ1) is 15.2. The Kier molecular flexibility index (Phi) is 5.86. The normalized spacial score (nSPS) is 11.3. The van der Waals surface area contributed by atoms with E-state index in [-0.39, 0.29) is 5.91 Å². The van der Waals surface area contributed by atoms with Crippen LogP contribution in [0.25, 0.3) is 0 Å². The van der Waals surface area contributed by atoms with Crippen molar-refractivity contribution in [3.8, 4) is 0 Å². The summed E-state index contributed by atoms with van der Waals surface area (Å²) in [4.78, 5) is 11.8. The largest absolute Gasteiger partial charge is 0.325 e. The van der Waals surface area contributed by atoms with Crippen molar-refractivity contribution in [3.05, 3.63) is 29.8 Å². The molecular weight excluding hydrogens is 290 g/mol. The van der Waals surface area contributed by atoms with Gasteiger partial charge in [-0.15, -0.1) is 0 Å². The summed E-state index contributed by atoms with van der Waals surface area (Å²) >= 11 is 3.35. The molecule has 0 aromatic heterocycles. The molecular formula is C15H22BrNO. The second-order valence-corrected chi connectivity index (χ2v) is 7.06. The molecule has 0 saturated carbocycles. The minimum absolute atomic E-state index is 0.0266. The Labute approximate surface area is 118 Å². The highest BCUT2D eigenvalue weighted by atomic mass is 79.9. The number of halogens is 1. The fourth-order valence-corrected chi connectivity index (χ4v) is 1.71. The van der Waals surface area contributed by atoms with Crippen LogP contribution in [-0.4, -0.2) is 10.2 Å². The standard InChI is InChI=1S/C15H22BrNO/c1-4-5-6-7-12-8-10-13(11-9-12)17-14(18)15(2,3)16/h8-11H,4-7H2,1-3H3,(H,17,18). The summed E-state index contributed by atoms with van der Waals surface area (Å²) in [6.45, 7) is 5.88. The molecule has 18 heavy (non-hydrogen) atoms. The van der Waals surface area contributed by atoms with Crippen molar-refractivity contribution >= 4 is 27.5 Å². The minimum atomic E-state index is -0.535. The Morgan fingerprint density at radius 1 is 1.22 bits per heavy atom. The smallest absolute Gasteiger partial charge is 0.240 e. The van der Waals surface area contributed by atoms with Crippen molar-refractivity contribution in [2.75, 3.05) is 5.32 Å². The zero-order valence-electron chi connectivity index (χ0n) is 11.4. The number of carbonyl (C=O) groups is 1. The molecule has 1 amide bonds. The molecule has 1 aromatic rings. The number of amides is 1. The third-order valence-electron chi connectivity index (χ3n) is 2.82. The van der Waals surface area contributed by atoms with Gasteiger partial charge in [0.25, 0.3) is 0 Å². The summed E-state index contributed by atoms with van der Waals surface area (Å²) in [6, 6.07) is 8.12. The van der Waals surface area contributed by atoms with E-state index in [1.807, 2.05) is 26.0 Å². The monoisotopic (exact) mass is 311 g/mol. The van der Waals surface area contributed by atoms with Crippen LogP contribution in [0.15, 0.2) is 24.3 Å². The summed E-state index contributed by atoms with van der Waals surface area (Å²) in [6.07, 6.45) is 4.87. The van der Waals surface area contributed by atoms with Gasteiger partial charge in [-0.2, -0.15) is 0 Å². The number of nitrogens with one attached hydrogen (secondary N) is 1. The van der Waals surface area contributed by atoms with E-state index in [1.54, 1.807) is 0 Å². The maximum atomic E-state index is 11.8. The molecule has 1 aromatic carbocycles. The molecule has 0 radical (unpaired) electrons. The number of alkyl halides is 1. The van der Waals surface area contributed by atoms with E-state index >= 15 is 0 Å². The molecule has 100 valence electrons. The molecule has 0 atom stereocenters. The van der Waals surface area contributed by atoms with Crippen molar-refractivity contribution in [2.45, 2.75) is 50.8 Å². The molecule has 1 rings (SSSR count). The maximum absolute atomic E-state index is 11.8. The fraction of sp³-hybridized carbons (Fsp3) is 0.533. The van der Waals surface area contributed by atoms with Gasteiger partial charge >= 0.3 is 0 Å². The summed E-state index contributed by atoms with van der Waals surface area (Å²) in [5, 5.41) is 2.89. The van der Waals surface area contributed by atoms with E-state index in [4.69, 9.17) is 0 Å². The van der Waals surface area contributed by atoms with E-state index in [2.05, 4.69) is 40.3 Å². The number of aryl methyl sites for hydroxylation is 1. The highest BCUT2D eigenvalue weighted by molar-refractivity contribution is 9.10. The number of hydrogen-bond acceptors (Lipinski definition) is 1. The fourth-order valence-electron chi connectivity index (χ4n) is 1.61. The molecule has 2 nitrogen and oxygen atoms in total. The van der Waals surface area contributed by atoms with Crippen LogP contribution in [0, 0.1) is 0 Å². The molecule has 0 heterocycles. The molecule has 0 spiro atoms. The lowest BCUT2D eigenvalue weighted by atomic mass is 10.1. The lowest BCUT2D eigenvalue weighted by Gasteiger charge is -2.16. The van der Waals surface area contributed by atoms with Crippen molar-refractivity contribution < 1.29 is 4.79 Å². The Morgan fingerprint density at radius 2 is 1.83 bits per heavy atom. The van der Waals surface area contributed by atoms with Gasteiger partial charge in [0.15, 0.2) is 0 Å². The van der Waals surface area contributed by atoms with Gasteiger partial charge in [0, 0.05) is 5.69 Å². The SMILES string of the molecule is CCCCCc1ccc(NC(=O)C(C)(C)Br)cc1. The van der Waals surface area contributed by atoms with E-state index < -0.39 is 4.32 Å². The van der Waals surface area contributed by atoms with Crippen LogP contribution in [-0.2, 0) is 11.2 Å². The first-order valence-electron chi connectivity index (χ1n) is 6.53. The predicted octanol–water partition coefficient (Wildman–Crippen LogP) is 4.53. The van der Waals surface area contributed by atoms with Crippen LogP contribution in [0.1, 0.15) is 45.6 Å². The Bertz CT molecular complexity index is 378. The lowest BCUT2D eigenvalue weighted by molar-refractivity contribution is -0.117. The lowest BCUT2D eigenvalue weighted by Crippen LogP contribution is -2.30. The van der Waals surface area contributed by atoms with Crippen molar-refractivity contribution in [1.29, 1.82) is 0 Å². The van der Waals surface area contributed by atoms with Gasteiger partial charge in [-0.05, 0) is 44.4 Å². The molecule has 0 aliphatic rings. The minimum Gasteiger partial charge on any atom is -0.325 e. The molecule has 0 saturated heterocycles. The van der Waals surface area contributed by atoms with Crippen LogP contribution in [0.5, 0.6) is 0 Å². The van der Waals surface area contributed by atoms with Crippen LogP contribution >= 0.6 is 15.9 Å². The van der Waals surface area contributed by atoms with Crippen LogP contribution in [0.3, 0.4) is 0 Å². The Balaban J connectivity index is 2.53. The Hall–Kier alpha value is -0.830. The van der Waals surface area contributed by atoms with E-state index in [0.717, 1.165) is 12.1 Å². The van der Waals surface area contributed by atoms with Crippen LogP contribution in [0.2, 0.25) is 0 Å². The Morgan fingerprint density at radius 3 is 2.33 bits per heavy atom. The van der Waals surface area contributed by atoms with Crippen molar-refractivity contribution in [1.82, 2.24) is 0 Å². The zero-order chi connectivity index (χ0) is 13.6. The first-order valence-corrected chi connectivity index (χ1v) is 7.32. The highest BCUT2D eigenvalue weighted by Crippen LogP contribution is 2.19. The van der Waals surface area contributed by atoms with Gasteiger partial charge in [0.05, 0.1) is 4.32 Å². The van der Waals surface area contributed by atoms with Gasteiger partial charge in [-0.3, -0.25) is 4.79 Å². The van der Waals surface area contributed by atoms with Gasteiger partial charge in [-0.1, -0.05) is 47.8 Å². The zero-order valence-corrected chi connectivity index (χ0v) is 13.0. The van der Waals surface area contributed by atoms with E-state index in [0.29, 0.717) is 0 Å². The van der Waals surface area contributed by atoms with E-state index in [1.165, 1.54) is 24.8 Å². The maximum Gasteiger partial charge on any atom is 0.240 e. The molecule has 0 aliphatic heterocycles. The number of hydrogen-bond donors (Lipinski definition) is 1. The summed E-state index contributed by atoms with van der Waals surface area (Å²) in [5.41, 5.74) is 2.19. The third-order valence-corrected chi connectivity index (χ3v) is 3.18. The van der Waals surface area contributed by atoms with Crippen LogP contribution < -0.4 is 5.32 Å². The van der Waals surface area contributed by atoms with Crippen molar-refractivity contribution in [3.63, 3.8) is 0 Å². The number of benzene rings is 1. The van der Waals surface area contributed by atoms with Crippen molar-refractivity contribution in [2.24, 2.45) is 0 Å². The second kappa shape index (κ2) is 6.93. The van der Waals surface area contributed by atoms with Gasteiger partial charge in [-0.25, -0.2) is 0 Å². The molecule has 0 fully saturated rings. The average molecular weight is 312 g/mol. The summed E-state index contributed by atoms with van der Waals surface area (Å²) in [7, 11) is 0. The van der Waals surface area contributed by atoms with Gasteiger partial charge in [0.2, 0.25) is 5.91 Å². The number of anilines is 1. The quantitative estimate of drug-likeness (QED) is 0.607. The topological polar surface area (TPSA) is 29.1 Å². The second-order valence-electron chi connectivity index (χ2n) is 5.08. The molecule has 0 bridgehead atoms.